The van der Waals surface area contributed by atoms with Crippen LogP contribution in [-0.4, -0.2) is 29.3 Å². The number of rotatable bonds is 7. The highest BCUT2D eigenvalue weighted by molar-refractivity contribution is 5.32. The second kappa shape index (κ2) is 9.83. The monoisotopic (exact) mass is 494 g/mol. The minimum absolute atomic E-state index is 0.0194. The maximum atomic E-state index is 4.89. The molecule has 6 nitrogen and oxygen atoms in total. The highest BCUT2D eigenvalue weighted by Gasteiger charge is 2.28. The van der Waals surface area contributed by atoms with Gasteiger partial charge in [0.25, 0.3) is 0 Å². The third-order valence-electron chi connectivity index (χ3n) is 7.33. The zero-order valence-corrected chi connectivity index (χ0v) is 25.2. The SMILES string of the molecule is Cc1nn(CCc2cnn(CCC(C)c3cnn(C)c3C(C)(C)C)c2C(C)(C)C)c(C)c1C(C)(C)C. The molecular formula is C30H50N6. The lowest BCUT2D eigenvalue weighted by Crippen LogP contribution is -2.22. The summed E-state index contributed by atoms with van der Waals surface area (Å²) in [6.07, 6.45) is 6.12. The second-order valence-corrected chi connectivity index (χ2v) is 13.8. The molecule has 6 heteroatoms. The number of hydrogen-bond acceptors (Lipinski definition) is 3. The Morgan fingerprint density at radius 3 is 1.92 bits per heavy atom. The highest BCUT2D eigenvalue weighted by atomic mass is 15.3. The lowest BCUT2D eigenvalue weighted by molar-refractivity contribution is 0.450. The van der Waals surface area contributed by atoms with E-state index in [1.165, 1.54) is 33.8 Å². The van der Waals surface area contributed by atoms with Gasteiger partial charge in [-0.05, 0) is 49.1 Å². The van der Waals surface area contributed by atoms with Crippen LogP contribution in [0.25, 0.3) is 0 Å². The quantitative estimate of drug-likeness (QED) is 0.365. The number of aromatic nitrogens is 6. The van der Waals surface area contributed by atoms with Crippen molar-refractivity contribution >= 4 is 0 Å². The Hall–Kier alpha value is -2.37. The van der Waals surface area contributed by atoms with E-state index in [0.29, 0.717) is 5.92 Å². The normalized spacial score (nSPS) is 14.0. The largest absolute Gasteiger partial charge is 0.272 e. The van der Waals surface area contributed by atoms with Crippen molar-refractivity contribution in [2.75, 3.05) is 0 Å². The van der Waals surface area contributed by atoms with Gasteiger partial charge < -0.3 is 0 Å². The third-order valence-corrected chi connectivity index (χ3v) is 7.33. The van der Waals surface area contributed by atoms with Gasteiger partial charge >= 0.3 is 0 Å². The van der Waals surface area contributed by atoms with E-state index in [0.717, 1.165) is 31.6 Å². The fraction of sp³-hybridized carbons (Fsp3) is 0.700. The Morgan fingerprint density at radius 2 is 1.39 bits per heavy atom. The average Bonchev–Trinajstić information content (AvgIpc) is 3.38. The Bertz CT molecular complexity index is 1180. The molecule has 0 N–H and O–H groups in total. The van der Waals surface area contributed by atoms with Gasteiger partial charge in [-0.3, -0.25) is 14.0 Å². The maximum absolute atomic E-state index is 4.89. The second-order valence-electron chi connectivity index (χ2n) is 13.8. The molecule has 0 bridgehead atoms. The van der Waals surface area contributed by atoms with Gasteiger partial charge in [0.2, 0.25) is 0 Å². The summed E-state index contributed by atoms with van der Waals surface area (Å²) in [7, 11) is 2.06. The van der Waals surface area contributed by atoms with Crippen LogP contribution in [0, 0.1) is 13.8 Å². The lowest BCUT2D eigenvalue weighted by Gasteiger charge is -2.25. The molecule has 0 aromatic carbocycles. The molecule has 3 heterocycles. The Morgan fingerprint density at radius 1 is 0.778 bits per heavy atom. The average molecular weight is 495 g/mol. The third kappa shape index (κ3) is 5.78. The van der Waals surface area contributed by atoms with E-state index in [4.69, 9.17) is 10.2 Å². The van der Waals surface area contributed by atoms with Crippen molar-refractivity contribution in [3.05, 3.63) is 51.9 Å². The van der Waals surface area contributed by atoms with Crippen LogP contribution in [-0.2, 0) is 42.8 Å². The predicted molar refractivity (Wildman–Crippen MR) is 150 cm³/mol. The molecule has 3 aromatic heterocycles. The van der Waals surface area contributed by atoms with E-state index in [2.05, 4.69) is 117 Å². The summed E-state index contributed by atoms with van der Waals surface area (Å²) in [6, 6.07) is 0. The van der Waals surface area contributed by atoms with Crippen LogP contribution in [0.2, 0.25) is 0 Å². The number of aryl methyl sites for hydroxylation is 5. The van der Waals surface area contributed by atoms with Gasteiger partial charge in [0.05, 0.1) is 18.1 Å². The van der Waals surface area contributed by atoms with Gasteiger partial charge in [-0.15, -0.1) is 0 Å². The predicted octanol–water partition coefficient (Wildman–Crippen LogP) is 6.76. The fourth-order valence-corrected chi connectivity index (χ4v) is 6.08. The van der Waals surface area contributed by atoms with Gasteiger partial charge in [0.15, 0.2) is 0 Å². The van der Waals surface area contributed by atoms with Gasteiger partial charge in [-0.1, -0.05) is 69.2 Å². The molecule has 36 heavy (non-hydrogen) atoms. The lowest BCUT2D eigenvalue weighted by atomic mass is 9.84. The first-order chi connectivity index (χ1) is 16.4. The molecule has 0 amide bonds. The standard InChI is InChI=1S/C30H50N6/c1-20(24-19-31-34(13)27(24)30(10,11)12)14-16-36-26(29(7,8)9)23(18-32-36)15-17-35-22(3)25(21(2)33-35)28(4,5)6/h18-20H,14-17H2,1-13H3. The van der Waals surface area contributed by atoms with Crippen LogP contribution in [0.15, 0.2) is 12.4 Å². The van der Waals surface area contributed by atoms with E-state index in [-0.39, 0.29) is 16.2 Å². The van der Waals surface area contributed by atoms with Crippen LogP contribution >= 0.6 is 0 Å². The summed E-state index contributed by atoms with van der Waals surface area (Å²) in [4.78, 5) is 0. The topological polar surface area (TPSA) is 53.5 Å². The summed E-state index contributed by atoms with van der Waals surface area (Å²) >= 11 is 0. The van der Waals surface area contributed by atoms with Crippen molar-refractivity contribution in [3.63, 3.8) is 0 Å². The van der Waals surface area contributed by atoms with Crippen molar-refractivity contribution in [3.8, 4) is 0 Å². The van der Waals surface area contributed by atoms with E-state index in [1.807, 2.05) is 4.68 Å². The summed E-state index contributed by atoms with van der Waals surface area (Å²) in [6.45, 7) is 29.0. The first-order valence-corrected chi connectivity index (χ1v) is 13.5. The first kappa shape index (κ1) is 28.2. The minimum atomic E-state index is 0.0194. The van der Waals surface area contributed by atoms with Crippen molar-refractivity contribution in [1.82, 2.24) is 29.3 Å². The zero-order valence-electron chi connectivity index (χ0n) is 25.2. The molecule has 1 unspecified atom stereocenters. The van der Waals surface area contributed by atoms with E-state index >= 15 is 0 Å². The molecule has 0 aliphatic carbocycles. The molecule has 3 rings (SSSR count). The van der Waals surface area contributed by atoms with Crippen molar-refractivity contribution < 1.29 is 0 Å². The van der Waals surface area contributed by atoms with Crippen LogP contribution in [0.5, 0.6) is 0 Å². The van der Waals surface area contributed by atoms with Gasteiger partial charge in [0, 0.05) is 53.6 Å². The number of hydrogen-bond donors (Lipinski definition) is 0. The van der Waals surface area contributed by atoms with E-state index < -0.39 is 0 Å². The smallest absolute Gasteiger partial charge is 0.0633 e. The van der Waals surface area contributed by atoms with Crippen molar-refractivity contribution in [1.29, 1.82) is 0 Å². The fourth-order valence-electron chi connectivity index (χ4n) is 6.08. The van der Waals surface area contributed by atoms with E-state index in [1.54, 1.807) is 0 Å². The number of nitrogens with zero attached hydrogens (tertiary/aromatic N) is 6. The van der Waals surface area contributed by atoms with Crippen LogP contribution in [0.3, 0.4) is 0 Å². The van der Waals surface area contributed by atoms with E-state index in [9.17, 15) is 0 Å². The molecule has 0 spiro atoms. The maximum Gasteiger partial charge on any atom is 0.0633 e. The highest BCUT2D eigenvalue weighted by Crippen LogP contribution is 2.33. The molecule has 0 aliphatic rings. The molecule has 0 radical (unpaired) electrons. The molecule has 0 saturated carbocycles. The molecule has 200 valence electrons. The molecule has 0 aliphatic heterocycles. The summed E-state index contributed by atoms with van der Waals surface area (Å²) in [5.74, 6) is 0.416. The van der Waals surface area contributed by atoms with Crippen LogP contribution in [0.4, 0.5) is 0 Å². The summed E-state index contributed by atoms with van der Waals surface area (Å²) < 4.78 is 6.49. The van der Waals surface area contributed by atoms with Gasteiger partial charge in [0.1, 0.15) is 0 Å². The first-order valence-electron chi connectivity index (χ1n) is 13.5. The Balaban J connectivity index is 1.81. The van der Waals surface area contributed by atoms with Gasteiger partial charge in [-0.2, -0.15) is 15.3 Å². The van der Waals surface area contributed by atoms with Crippen molar-refractivity contribution in [2.24, 2.45) is 7.05 Å². The molecule has 1 atom stereocenters. The minimum Gasteiger partial charge on any atom is -0.272 e. The Kier molecular flexibility index (Phi) is 7.70. The molecule has 0 saturated heterocycles. The Labute approximate surface area is 219 Å². The molecule has 3 aromatic rings. The van der Waals surface area contributed by atoms with Crippen LogP contribution in [0.1, 0.15) is 121 Å². The van der Waals surface area contributed by atoms with Crippen molar-refractivity contribution in [2.45, 2.75) is 131 Å². The zero-order chi connectivity index (χ0) is 27.2. The summed E-state index contributed by atoms with van der Waals surface area (Å²) in [5.41, 5.74) is 9.34. The summed E-state index contributed by atoms with van der Waals surface area (Å²) in [5, 5.41) is 14.4. The molecular weight excluding hydrogens is 444 g/mol. The van der Waals surface area contributed by atoms with Gasteiger partial charge in [-0.25, -0.2) is 0 Å². The van der Waals surface area contributed by atoms with Crippen LogP contribution < -0.4 is 0 Å². The molecule has 0 fully saturated rings.